The highest BCUT2D eigenvalue weighted by molar-refractivity contribution is 5.70. The van der Waals surface area contributed by atoms with E-state index in [0.717, 1.165) is 0 Å². The van der Waals surface area contributed by atoms with Crippen LogP contribution in [0.15, 0.2) is 30.6 Å². The zero-order valence-electron chi connectivity index (χ0n) is 10.5. The summed E-state index contributed by atoms with van der Waals surface area (Å²) < 4.78 is 0. The molecular formula is C16H17N. The number of hydrogen-bond donors (Lipinski definition) is 0. The largest absolute Gasteiger partial charge is 0.265 e. The number of aryl methyl sites for hydroxylation is 1. The Bertz CT molecular complexity index is 555. The molecule has 1 aliphatic carbocycles. The minimum Gasteiger partial charge on any atom is -0.265 e. The van der Waals surface area contributed by atoms with Gasteiger partial charge in [0.05, 0.1) is 0 Å². The molecule has 1 aliphatic rings. The summed E-state index contributed by atoms with van der Waals surface area (Å²) in [5.74, 6) is 0. The van der Waals surface area contributed by atoms with Gasteiger partial charge in [-0.2, -0.15) is 0 Å². The lowest BCUT2D eigenvalue weighted by molar-refractivity contribution is 0.907. The number of rotatable bonds is 1. The van der Waals surface area contributed by atoms with E-state index < -0.39 is 0 Å². The molecule has 0 spiro atoms. The zero-order valence-corrected chi connectivity index (χ0v) is 10.5. The second-order valence-electron chi connectivity index (χ2n) is 4.91. The van der Waals surface area contributed by atoms with Crippen molar-refractivity contribution in [1.82, 2.24) is 4.98 Å². The number of benzene rings is 1. The average molecular weight is 223 g/mol. The Morgan fingerprint density at radius 3 is 2.47 bits per heavy atom. The van der Waals surface area contributed by atoms with Crippen LogP contribution in [0.3, 0.4) is 0 Å². The van der Waals surface area contributed by atoms with E-state index in [1.54, 1.807) is 11.1 Å². The number of aromatic nitrogens is 1. The molecule has 1 aromatic heterocycles. The lowest BCUT2D eigenvalue weighted by Crippen LogP contribution is -1.95. The molecule has 1 aromatic carbocycles. The van der Waals surface area contributed by atoms with E-state index in [4.69, 9.17) is 0 Å². The SMILES string of the molecule is Cc1cc(-c2ccncc2)c(C)c2c1CCC2. The Hall–Kier alpha value is -1.63. The van der Waals surface area contributed by atoms with E-state index in [9.17, 15) is 0 Å². The molecule has 1 heterocycles. The van der Waals surface area contributed by atoms with E-state index in [2.05, 4.69) is 37.0 Å². The minimum atomic E-state index is 1.25. The Morgan fingerprint density at radius 1 is 1.00 bits per heavy atom. The van der Waals surface area contributed by atoms with Crippen LogP contribution in [0.1, 0.15) is 28.7 Å². The predicted molar refractivity (Wildman–Crippen MR) is 71.2 cm³/mol. The van der Waals surface area contributed by atoms with Crippen LogP contribution in [0.5, 0.6) is 0 Å². The fourth-order valence-corrected chi connectivity index (χ4v) is 3.00. The van der Waals surface area contributed by atoms with E-state index in [-0.39, 0.29) is 0 Å². The molecule has 0 saturated carbocycles. The fraction of sp³-hybridized carbons (Fsp3) is 0.312. The molecule has 86 valence electrons. The maximum Gasteiger partial charge on any atom is 0.0273 e. The van der Waals surface area contributed by atoms with Crippen molar-refractivity contribution in [2.24, 2.45) is 0 Å². The first-order chi connectivity index (χ1) is 8.27. The van der Waals surface area contributed by atoms with Gasteiger partial charge in [-0.1, -0.05) is 6.07 Å². The van der Waals surface area contributed by atoms with Gasteiger partial charge in [0.2, 0.25) is 0 Å². The van der Waals surface area contributed by atoms with Gasteiger partial charge in [-0.3, -0.25) is 4.98 Å². The molecule has 2 aromatic rings. The molecule has 0 N–H and O–H groups in total. The van der Waals surface area contributed by atoms with E-state index in [1.165, 1.54) is 41.5 Å². The van der Waals surface area contributed by atoms with Crippen molar-refractivity contribution < 1.29 is 0 Å². The van der Waals surface area contributed by atoms with E-state index in [1.807, 2.05) is 12.4 Å². The number of hydrogen-bond acceptors (Lipinski definition) is 1. The monoisotopic (exact) mass is 223 g/mol. The summed E-state index contributed by atoms with van der Waals surface area (Å²) in [6.45, 7) is 4.51. The highest BCUT2D eigenvalue weighted by atomic mass is 14.6. The van der Waals surface area contributed by atoms with Crippen molar-refractivity contribution in [2.75, 3.05) is 0 Å². The molecule has 0 bridgehead atoms. The normalized spacial score (nSPS) is 13.8. The van der Waals surface area contributed by atoms with Gasteiger partial charge < -0.3 is 0 Å². The van der Waals surface area contributed by atoms with Gasteiger partial charge in [0.25, 0.3) is 0 Å². The van der Waals surface area contributed by atoms with Crippen molar-refractivity contribution in [3.63, 3.8) is 0 Å². The number of nitrogens with zero attached hydrogens (tertiary/aromatic N) is 1. The number of fused-ring (bicyclic) bond motifs is 1. The first-order valence-electron chi connectivity index (χ1n) is 6.29. The Morgan fingerprint density at radius 2 is 1.71 bits per heavy atom. The molecule has 17 heavy (non-hydrogen) atoms. The lowest BCUT2D eigenvalue weighted by Gasteiger charge is -2.14. The Labute approximate surface area is 103 Å². The van der Waals surface area contributed by atoms with Crippen LogP contribution < -0.4 is 0 Å². The second kappa shape index (κ2) is 3.99. The smallest absolute Gasteiger partial charge is 0.0273 e. The van der Waals surface area contributed by atoms with Gasteiger partial charge >= 0.3 is 0 Å². The summed E-state index contributed by atoms with van der Waals surface area (Å²) in [5.41, 5.74) is 8.78. The highest BCUT2D eigenvalue weighted by Crippen LogP contribution is 2.34. The second-order valence-corrected chi connectivity index (χ2v) is 4.91. The first-order valence-corrected chi connectivity index (χ1v) is 6.29. The van der Waals surface area contributed by atoms with Crippen LogP contribution in [-0.4, -0.2) is 4.98 Å². The number of pyridine rings is 1. The quantitative estimate of drug-likeness (QED) is 0.715. The fourth-order valence-electron chi connectivity index (χ4n) is 3.00. The van der Waals surface area contributed by atoms with Gasteiger partial charge in [0.15, 0.2) is 0 Å². The van der Waals surface area contributed by atoms with Crippen molar-refractivity contribution in [3.05, 3.63) is 52.8 Å². The predicted octanol–water partition coefficient (Wildman–Crippen LogP) is 3.85. The van der Waals surface area contributed by atoms with Gasteiger partial charge in [-0.25, -0.2) is 0 Å². The third kappa shape index (κ3) is 1.66. The van der Waals surface area contributed by atoms with Crippen LogP contribution in [0.25, 0.3) is 11.1 Å². The molecule has 0 atom stereocenters. The summed E-state index contributed by atoms with van der Waals surface area (Å²) in [7, 11) is 0. The van der Waals surface area contributed by atoms with E-state index >= 15 is 0 Å². The lowest BCUT2D eigenvalue weighted by atomic mass is 9.91. The zero-order chi connectivity index (χ0) is 11.8. The van der Waals surface area contributed by atoms with Crippen LogP contribution in [0.4, 0.5) is 0 Å². The van der Waals surface area contributed by atoms with E-state index in [0.29, 0.717) is 0 Å². The summed E-state index contributed by atoms with van der Waals surface area (Å²) in [6.07, 6.45) is 7.57. The summed E-state index contributed by atoms with van der Waals surface area (Å²) in [5, 5.41) is 0. The Kier molecular flexibility index (Phi) is 2.47. The summed E-state index contributed by atoms with van der Waals surface area (Å²) in [6, 6.07) is 6.54. The summed E-state index contributed by atoms with van der Waals surface area (Å²) >= 11 is 0. The molecule has 1 heteroatoms. The minimum absolute atomic E-state index is 1.25. The van der Waals surface area contributed by atoms with Crippen LogP contribution >= 0.6 is 0 Å². The topological polar surface area (TPSA) is 12.9 Å². The maximum atomic E-state index is 4.10. The Balaban J connectivity index is 2.23. The third-order valence-corrected chi connectivity index (χ3v) is 3.90. The third-order valence-electron chi connectivity index (χ3n) is 3.90. The van der Waals surface area contributed by atoms with Gasteiger partial charge in [0.1, 0.15) is 0 Å². The van der Waals surface area contributed by atoms with Crippen molar-refractivity contribution >= 4 is 0 Å². The standard InChI is InChI=1S/C16H17N/c1-11-10-16(13-6-8-17-9-7-13)12(2)15-5-3-4-14(11)15/h6-10H,3-5H2,1-2H3. The average Bonchev–Trinajstić information content (AvgIpc) is 2.85. The molecule has 0 amide bonds. The molecule has 1 nitrogen and oxygen atoms in total. The maximum absolute atomic E-state index is 4.10. The molecule has 0 saturated heterocycles. The molecule has 0 aliphatic heterocycles. The highest BCUT2D eigenvalue weighted by Gasteiger charge is 2.18. The first kappa shape index (κ1) is 10.5. The summed E-state index contributed by atoms with van der Waals surface area (Å²) in [4.78, 5) is 4.10. The molecule has 0 fully saturated rings. The van der Waals surface area contributed by atoms with Crippen molar-refractivity contribution in [2.45, 2.75) is 33.1 Å². The van der Waals surface area contributed by atoms with Crippen molar-refractivity contribution in [1.29, 1.82) is 0 Å². The van der Waals surface area contributed by atoms with Crippen LogP contribution in [-0.2, 0) is 12.8 Å². The van der Waals surface area contributed by atoms with Gasteiger partial charge in [-0.15, -0.1) is 0 Å². The van der Waals surface area contributed by atoms with Crippen molar-refractivity contribution in [3.8, 4) is 11.1 Å². The van der Waals surface area contributed by atoms with Gasteiger partial charge in [0, 0.05) is 12.4 Å². The van der Waals surface area contributed by atoms with Crippen LogP contribution in [0, 0.1) is 13.8 Å². The molecule has 0 radical (unpaired) electrons. The molecular weight excluding hydrogens is 206 g/mol. The van der Waals surface area contributed by atoms with Gasteiger partial charge in [-0.05, 0) is 78.6 Å². The molecule has 3 rings (SSSR count). The van der Waals surface area contributed by atoms with Crippen LogP contribution in [0.2, 0.25) is 0 Å². The molecule has 0 unspecified atom stereocenters.